The zero-order valence-electron chi connectivity index (χ0n) is 18.4. The number of anilines is 1. The van der Waals surface area contributed by atoms with Gasteiger partial charge in [-0.1, -0.05) is 30.3 Å². The van der Waals surface area contributed by atoms with Crippen LogP contribution >= 0.6 is 0 Å². The van der Waals surface area contributed by atoms with Gasteiger partial charge in [-0.2, -0.15) is 4.98 Å². The summed E-state index contributed by atoms with van der Waals surface area (Å²) in [5, 5.41) is 5.96. The quantitative estimate of drug-likeness (QED) is 0.370. The zero-order valence-corrected chi connectivity index (χ0v) is 18.4. The number of nitrogens with one attached hydrogen (secondary N) is 2. The normalized spacial score (nSPS) is 12.1. The standard InChI is InChI=1S/C24H22N6O3/c1-25-22-19-21(30(2)12-26-19)20-24(29-22)33-23(28-20)15-8-6-7-14(11-15)18(27-13-31)16-9-4-5-10-17(16)32-3/h4-13,18H,1-3H3,(H,25,29)(H,27,31). The second-order valence-electron chi connectivity index (χ2n) is 7.52. The van der Waals surface area contributed by atoms with Crippen molar-refractivity contribution < 1.29 is 13.9 Å². The number of aryl methyl sites for hydroxylation is 1. The number of para-hydroxylation sites is 1. The van der Waals surface area contributed by atoms with Gasteiger partial charge in [-0.25, -0.2) is 9.97 Å². The molecule has 0 spiro atoms. The molecule has 166 valence electrons. The number of ether oxygens (including phenoxy) is 1. The predicted octanol–water partition coefficient (Wildman–Crippen LogP) is 3.66. The number of benzene rings is 2. The molecule has 5 rings (SSSR count). The Labute approximate surface area is 189 Å². The molecule has 0 bridgehead atoms. The van der Waals surface area contributed by atoms with Crippen LogP contribution in [0.2, 0.25) is 0 Å². The Morgan fingerprint density at radius 1 is 1.12 bits per heavy atom. The molecule has 5 aromatic rings. The molecule has 9 nitrogen and oxygen atoms in total. The number of amides is 1. The van der Waals surface area contributed by atoms with E-state index in [0.29, 0.717) is 35.1 Å². The SMILES string of the molecule is CNc1nc2oc(-c3cccc(C(NC=O)c4ccccc4OC)c3)nc2c2c1ncn2C. The molecule has 0 saturated heterocycles. The Hall–Kier alpha value is -4.40. The molecule has 0 aliphatic carbocycles. The smallest absolute Gasteiger partial charge is 0.251 e. The van der Waals surface area contributed by atoms with Crippen LogP contribution in [0.3, 0.4) is 0 Å². The molecule has 0 radical (unpaired) electrons. The first kappa shape index (κ1) is 20.5. The number of methoxy groups -OCH3 is 1. The van der Waals surface area contributed by atoms with E-state index in [4.69, 9.17) is 14.1 Å². The number of oxazole rings is 1. The van der Waals surface area contributed by atoms with Gasteiger partial charge in [-0.15, -0.1) is 0 Å². The minimum Gasteiger partial charge on any atom is -0.496 e. The summed E-state index contributed by atoms with van der Waals surface area (Å²) in [5.41, 5.74) is 5.09. The topological polar surface area (TPSA) is 107 Å². The molecule has 2 N–H and O–H groups in total. The van der Waals surface area contributed by atoms with E-state index in [1.54, 1.807) is 20.5 Å². The molecular formula is C24H22N6O3. The monoisotopic (exact) mass is 442 g/mol. The minimum absolute atomic E-state index is 0.402. The van der Waals surface area contributed by atoms with Crippen molar-refractivity contribution in [2.45, 2.75) is 6.04 Å². The lowest BCUT2D eigenvalue weighted by Crippen LogP contribution is -2.21. The number of imidazole rings is 1. The third kappa shape index (κ3) is 3.43. The van der Waals surface area contributed by atoms with Gasteiger partial charge in [0.05, 0.1) is 19.5 Å². The van der Waals surface area contributed by atoms with Crippen LogP contribution in [0.4, 0.5) is 5.82 Å². The fourth-order valence-electron chi connectivity index (χ4n) is 4.07. The van der Waals surface area contributed by atoms with Crippen LogP contribution in [0.25, 0.3) is 33.7 Å². The third-order valence-corrected chi connectivity index (χ3v) is 5.60. The van der Waals surface area contributed by atoms with Gasteiger partial charge in [0.25, 0.3) is 5.71 Å². The summed E-state index contributed by atoms with van der Waals surface area (Å²) in [7, 11) is 5.31. The van der Waals surface area contributed by atoms with Crippen LogP contribution in [-0.4, -0.2) is 40.1 Å². The Morgan fingerprint density at radius 2 is 1.97 bits per heavy atom. The highest BCUT2D eigenvalue weighted by atomic mass is 16.5. The van der Waals surface area contributed by atoms with Crippen molar-refractivity contribution in [3.05, 3.63) is 66.0 Å². The van der Waals surface area contributed by atoms with Crippen molar-refractivity contribution in [3.8, 4) is 17.2 Å². The van der Waals surface area contributed by atoms with Crippen LogP contribution in [0, 0.1) is 0 Å². The number of carbonyl (C=O) groups excluding carboxylic acids is 1. The highest BCUT2D eigenvalue weighted by molar-refractivity contribution is 6.03. The first-order chi connectivity index (χ1) is 16.1. The molecular weight excluding hydrogens is 420 g/mol. The van der Waals surface area contributed by atoms with Gasteiger partial charge in [0.15, 0.2) is 11.3 Å². The number of carbonyl (C=O) groups is 1. The summed E-state index contributed by atoms with van der Waals surface area (Å²) in [6.07, 6.45) is 2.41. The van der Waals surface area contributed by atoms with Gasteiger partial charge in [-0.05, 0) is 23.8 Å². The number of nitrogens with zero attached hydrogens (tertiary/aromatic N) is 4. The van der Waals surface area contributed by atoms with Crippen LogP contribution in [-0.2, 0) is 11.8 Å². The van der Waals surface area contributed by atoms with Crippen molar-refractivity contribution in [1.82, 2.24) is 24.8 Å². The van der Waals surface area contributed by atoms with E-state index in [1.807, 2.05) is 60.1 Å². The molecule has 3 heterocycles. The van der Waals surface area contributed by atoms with Crippen molar-refractivity contribution in [2.75, 3.05) is 19.5 Å². The number of hydrogen-bond donors (Lipinski definition) is 2. The molecule has 0 aliphatic rings. The second-order valence-corrected chi connectivity index (χ2v) is 7.52. The lowest BCUT2D eigenvalue weighted by molar-refractivity contribution is -0.110. The van der Waals surface area contributed by atoms with Crippen molar-refractivity contribution in [1.29, 1.82) is 0 Å². The molecule has 1 unspecified atom stereocenters. The van der Waals surface area contributed by atoms with Gasteiger partial charge < -0.3 is 24.4 Å². The summed E-state index contributed by atoms with van der Waals surface area (Å²) >= 11 is 0. The van der Waals surface area contributed by atoms with E-state index in [2.05, 4.69) is 20.6 Å². The lowest BCUT2D eigenvalue weighted by atomic mass is 9.96. The third-order valence-electron chi connectivity index (χ3n) is 5.60. The van der Waals surface area contributed by atoms with Gasteiger partial charge >= 0.3 is 0 Å². The Bertz CT molecular complexity index is 1470. The molecule has 2 aromatic carbocycles. The Morgan fingerprint density at radius 3 is 2.76 bits per heavy atom. The van der Waals surface area contributed by atoms with E-state index in [1.165, 1.54) is 0 Å². The summed E-state index contributed by atoms with van der Waals surface area (Å²) in [4.78, 5) is 25.1. The number of pyridine rings is 1. The van der Waals surface area contributed by atoms with Gasteiger partial charge in [0.1, 0.15) is 16.8 Å². The van der Waals surface area contributed by atoms with Gasteiger partial charge in [0, 0.05) is 25.2 Å². The highest BCUT2D eigenvalue weighted by Gasteiger charge is 2.21. The average molecular weight is 442 g/mol. The highest BCUT2D eigenvalue weighted by Crippen LogP contribution is 2.34. The number of aromatic nitrogens is 4. The molecule has 3 aromatic heterocycles. The molecule has 1 atom stereocenters. The maximum atomic E-state index is 11.4. The van der Waals surface area contributed by atoms with E-state index in [9.17, 15) is 4.79 Å². The largest absolute Gasteiger partial charge is 0.496 e. The molecule has 9 heteroatoms. The van der Waals surface area contributed by atoms with Gasteiger partial charge in [0.2, 0.25) is 12.3 Å². The van der Waals surface area contributed by atoms with E-state index >= 15 is 0 Å². The minimum atomic E-state index is -0.402. The number of fused-ring (bicyclic) bond motifs is 3. The number of hydrogen-bond acceptors (Lipinski definition) is 7. The predicted molar refractivity (Wildman–Crippen MR) is 125 cm³/mol. The molecule has 1 amide bonds. The summed E-state index contributed by atoms with van der Waals surface area (Å²) in [6.45, 7) is 0. The maximum absolute atomic E-state index is 11.4. The summed E-state index contributed by atoms with van der Waals surface area (Å²) in [6, 6.07) is 14.9. The van der Waals surface area contributed by atoms with Crippen LogP contribution in [0.1, 0.15) is 17.2 Å². The van der Waals surface area contributed by atoms with Crippen molar-refractivity contribution in [2.24, 2.45) is 7.05 Å². The van der Waals surface area contributed by atoms with E-state index in [-0.39, 0.29) is 0 Å². The van der Waals surface area contributed by atoms with Crippen LogP contribution in [0.15, 0.2) is 59.3 Å². The zero-order chi connectivity index (χ0) is 22.9. The fourth-order valence-corrected chi connectivity index (χ4v) is 4.07. The summed E-state index contributed by atoms with van der Waals surface area (Å²) in [5.74, 6) is 1.74. The number of rotatable bonds is 7. The first-order valence-corrected chi connectivity index (χ1v) is 10.4. The molecule has 33 heavy (non-hydrogen) atoms. The van der Waals surface area contributed by atoms with E-state index < -0.39 is 6.04 Å². The van der Waals surface area contributed by atoms with Crippen molar-refractivity contribution >= 4 is 34.5 Å². The van der Waals surface area contributed by atoms with Crippen molar-refractivity contribution in [3.63, 3.8) is 0 Å². The average Bonchev–Trinajstić information content (AvgIpc) is 3.45. The Balaban J connectivity index is 1.63. The maximum Gasteiger partial charge on any atom is 0.251 e. The van der Waals surface area contributed by atoms with E-state index in [0.717, 1.165) is 27.7 Å². The molecule has 0 fully saturated rings. The van der Waals surface area contributed by atoms with Crippen LogP contribution < -0.4 is 15.4 Å². The fraction of sp³-hybridized carbons (Fsp3) is 0.167. The van der Waals surface area contributed by atoms with Gasteiger partial charge in [-0.3, -0.25) is 4.79 Å². The molecule has 0 saturated carbocycles. The summed E-state index contributed by atoms with van der Waals surface area (Å²) < 4.78 is 13.5. The Kier molecular flexibility index (Phi) is 5.14. The van der Waals surface area contributed by atoms with Crippen LogP contribution in [0.5, 0.6) is 5.75 Å². The lowest BCUT2D eigenvalue weighted by Gasteiger charge is -2.20. The molecule has 0 aliphatic heterocycles. The second kappa shape index (κ2) is 8.27. The first-order valence-electron chi connectivity index (χ1n) is 10.4.